The van der Waals surface area contributed by atoms with Crippen molar-refractivity contribution in [2.24, 2.45) is 0 Å². The number of rotatable bonds is 5. The summed E-state index contributed by atoms with van der Waals surface area (Å²) in [5, 5.41) is 9.12. The molecule has 0 amide bonds. The lowest BCUT2D eigenvalue weighted by atomic mass is 9.91. The highest BCUT2D eigenvalue weighted by Crippen LogP contribution is 2.37. The normalized spacial score (nSPS) is 18.5. The van der Waals surface area contributed by atoms with Crippen LogP contribution < -0.4 is 10.6 Å². The van der Waals surface area contributed by atoms with Gasteiger partial charge >= 0.3 is 0 Å². The number of aromatic nitrogens is 4. The summed E-state index contributed by atoms with van der Waals surface area (Å²) in [6, 6.07) is 7.01. The van der Waals surface area contributed by atoms with Gasteiger partial charge in [-0.05, 0) is 68.6 Å². The molecule has 0 radical (unpaired) electrons. The van der Waals surface area contributed by atoms with E-state index in [9.17, 15) is 0 Å². The first kappa shape index (κ1) is 18.9. The van der Waals surface area contributed by atoms with Crippen molar-refractivity contribution in [2.45, 2.75) is 55.5 Å². The molecule has 6 nitrogen and oxygen atoms in total. The zero-order valence-electron chi connectivity index (χ0n) is 16.9. The van der Waals surface area contributed by atoms with Gasteiger partial charge in [0.2, 0.25) is 5.95 Å². The van der Waals surface area contributed by atoms with Crippen LogP contribution in [0, 0.1) is 0 Å². The summed E-state index contributed by atoms with van der Waals surface area (Å²) in [6.45, 7) is 2.19. The number of nitrogens with zero attached hydrogens (tertiary/aromatic N) is 4. The summed E-state index contributed by atoms with van der Waals surface area (Å²) in [7, 11) is 0. The van der Waals surface area contributed by atoms with E-state index < -0.39 is 0 Å². The van der Waals surface area contributed by atoms with E-state index in [2.05, 4.69) is 43.6 Å². The van der Waals surface area contributed by atoms with Crippen molar-refractivity contribution in [3.8, 4) is 0 Å². The van der Waals surface area contributed by atoms with Crippen LogP contribution >= 0.6 is 11.8 Å². The number of nitrogens with one attached hydrogen (secondary N) is 2. The quantitative estimate of drug-likeness (QED) is 0.587. The van der Waals surface area contributed by atoms with Crippen LogP contribution in [0.5, 0.6) is 0 Å². The van der Waals surface area contributed by atoms with Crippen LogP contribution in [0.1, 0.15) is 56.0 Å². The lowest BCUT2D eigenvalue weighted by Gasteiger charge is -2.22. The highest BCUT2D eigenvalue weighted by molar-refractivity contribution is 7.98. The summed E-state index contributed by atoms with van der Waals surface area (Å²) >= 11 is 1.79. The van der Waals surface area contributed by atoms with Crippen molar-refractivity contribution in [1.82, 2.24) is 24.8 Å². The van der Waals surface area contributed by atoms with Crippen LogP contribution in [0.15, 0.2) is 35.6 Å². The average molecular weight is 409 g/mol. The third kappa shape index (κ3) is 3.85. The molecule has 2 aliphatic rings. The van der Waals surface area contributed by atoms with Crippen molar-refractivity contribution in [1.29, 1.82) is 0 Å². The summed E-state index contributed by atoms with van der Waals surface area (Å²) in [6.07, 6.45) is 13.5. The van der Waals surface area contributed by atoms with Gasteiger partial charge in [0.25, 0.3) is 0 Å². The Labute approximate surface area is 175 Å². The minimum absolute atomic E-state index is 0.556. The first-order chi connectivity index (χ1) is 14.3. The molecule has 152 valence electrons. The summed E-state index contributed by atoms with van der Waals surface area (Å²) < 4.78 is 2.42. The van der Waals surface area contributed by atoms with Gasteiger partial charge in [0, 0.05) is 23.8 Å². The minimum Gasteiger partial charge on any atom is -0.317 e. The molecule has 2 N–H and O–H groups in total. The van der Waals surface area contributed by atoms with E-state index in [0.29, 0.717) is 17.9 Å². The molecule has 0 aromatic carbocycles. The number of hydrogen-bond donors (Lipinski definition) is 2. The van der Waals surface area contributed by atoms with Gasteiger partial charge in [-0.2, -0.15) is 4.98 Å². The molecule has 0 atom stereocenters. The third-order valence-electron chi connectivity index (χ3n) is 6.28. The Kier molecular flexibility index (Phi) is 5.42. The van der Waals surface area contributed by atoms with Gasteiger partial charge in [-0.15, -0.1) is 11.8 Å². The second-order valence-corrected chi connectivity index (χ2v) is 8.92. The molecule has 2 fully saturated rings. The molecule has 0 bridgehead atoms. The molecule has 29 heavy (non-hydrogen) atoms. The van der Waals surface area contributed by atoms with E-state index in [1.807, 2.05) is 18.5 Å². The molecule has 1 saturated heterocycles. The van der Waals surface area contributed by atoms with E-state index in [0.717, 1.165) is 29.9 Å². The maximum atomic E-state index is 4.88. The molecular formula is C22H28N6S. The van der Waals surface area contributed by atoms with Crippen molar-refractivity contribution in [3.63, 3.8) is 0 Å². The van der Waals surface area contributed by atoms with Crippen LogP contribution in [-0.4, -0.2) is 38.9 Å². The Morgan fingerprint density at radius 3 is 2.62 bits per heavy atom. The molecular weight excluding hydrogens is 380 g/mol. The Bertz CT molecular complexity index is 971. The SMILES string of the molecule is CSc1cc2cnc(Nc3ccc(C4CCNCC4)cn3)nc2n1C1CCCC1. The van der Waals surface area contributed by atoms with Crippen LogP contribution in [0.4, 0.5) is 11.8 Å². The Morgan fingerprint density at radius 1 is 1.07 bits per heavy atom. The fraction of sp³-hybridized carbons (Fsp3) is 0.500. The van der Waals surface area contributed by atoms with E-state index >= 15 is 0 Å². The number of thioether (sulfide) groups is 1. The van der Waals surface area contributed by atoms with E-state index in [1.54, 1.807) is 11.8 Å². The van der Waals surface area contributed by atoms with Gasteiger partial charge in [0.1, 0.15) is 11.5 Å². The molecule has 5 rings (SSSR count). The van der Waals surface area contributed by atoms with Crippen LogP contribution in [0.3, 0.4) is 0 Å². The van der Waals surface area contributed by atoms with Gasteiger partial charge < -0.3 is 15.2 Å². The largest absolute Gasteiger partial charge is 0.317 e. The molecule has 0 spiro atoms. The monoisotopic (exact) mass is 408 g/mol. The highest BCUT2D eigenvalue weighted by atomic mass is 32.2. The molecule has 1 aliphatic carbocycles. The number of fused-ring (bicyclic) bond motifs is 1. The first-order valence-electron chi connectivity index (χ1n) is 10.7. The Balaban J connectivity index is 1.39. The predicted octanol–water partition coefficient (Wildman–Crippen LogP) is 4.87. The van der Waals surface area contributed by atoms with Gasteiger partial charge in [-0.1, -0.05) is 18.9 Å². The zero-order valence-corrected chi connectivity index (χ0v) is 17.7. The summed E-state index contributed by atoms with van der Waals surface area (Å²) in [5.41, 5.74) is 2.36. The van der Waals surface area contributed by atoms with E-state index in [4.69, 9.17) is 4.98 Å². The van der Waals surface area contributed by atoms with Gasteiger partial charge in [-0.25, -0.2) is 9.97 Å². The molecule has 1 aliphatic heterocycles. The van der Waals surface area contributed by atoms with Crippen molar-refractivity contribution in [3.05, 3.63) is 36.2 Å². The Morgan fingerprint density at radius 2 is 1.90 bits per heavy atom. The summed E-state index contributed by atoms with van der Waals surface area (Å²) in [4.78, 5) is 14.0. The third-order valence-corrected chi connectivity index (χ3v) is 7.01. The fourth-order valence-corrected chi connectivity index (χ4v) is 5.38. The second-order valence-electron chi connectivity index (χ2n) is 8.09. The van der Waals surface area contributed by atoms with Crippen molar-refractivity contribution >= 4 is 34.6 Å². The molecule has 1 saturated carbocycles. The zero-order chi connectivity index (χ0) is 19.6. The average Bonchev–Trinajstić information content (AvgIpc) is 3.42. The topological polar surface area (TPSA) is 67.7 Å². The highest BCUT2D eigenvalue weighted by Gasteiger charge is 2.22. The summed E-state index contributed by atoms with van der Waals surface area (Å²) in [5.74, 6) is 2.03. The Hall–Kier alpha value is -2.12. The standard InChI is InChI=1S/C22H28N6S/c1-29-20-12-17-14-25-22(27-21(17)28(20)18-4-2-3-5-18)26-19-7-6-16(13-24-19)15-8-10-23-11-9-15/h6-7,12-15,18,23H,2-5,8-11H2,1H3,(H,24,25,26,27). The van der Waals surface area contributed by atoms with Crippen LogP contribution in [0.25, 0.3) is 11.0 Å². The lowest BCUT2D eigenvalue weighted by Crippen LogP contribution is -2.26. The minimum atomic E-state index is 0.556. The van der Waals surface area contributed by atoms with Gasteiger partial charge in [0.15, 0.2) is 0 Å². The number of hydrogen-bond acceptors (Lipinski definition) is 6. The number of pyridine rings is 1. The molecule has 3 aromatic heterocycles. The van der Waals surface area contributed by atoms with Gasteiger partial charge in [0.05, 0.1) is 5.03 Å². The smallest absolute Gasteiger partial charge is 0.230 e. The number of anilines is 2. The van der Waals surface area contributed by atoms with E-state index in [1.165, 1.54) is 49.1 Å². The van der Waals surface area contributed by atoms with Gasteiger partial charge in [-0.3, -0.25) is 0 Å². The maximum absolute atomic E-state index is 4.88. The second kappa shape index (κ2) is 8.32. The first-order valence-corrected chi connectivity index (χ1v) is 11.9. The number of piperidine rings is 1. The molecule has 7 heteroatoms. The lowest BCUT2D eigenvalue weighted by molar-refractivity contribution is 0.459. The van der Waals surface area contributed by atoms with E-state index in [-0.39, 0.29) is 0 Å². The van der Waals surface area contributed by atoms with Crippen LogP contribution in [0.2, 0.25) is 0 Å². The maximum Gasteiger partial charge on any atom is 0.230 e. The fourth-order valence-electron chi connectivity index (χ4n) is 4.71. The van der Waals surface area contributed by atoms with Crippen LogP contribution in [-0.2, 0) is 0 Å². The van der Waals surface area contributed by atoms with Crippen molar-refractivity contribution < 1.29 is 0 Å². The van der Waals surface area contributed by atoms with Crippen molar-refractivity contribution in [2.75, 3.05) is 24.7 Å². The molecule has 0 unspecified atom stereocenters. The molecule has 4 heterocycles. The predicted molar refractivity (Wildman–Crippen MR) is 119 cm³/mol. The molecule has 3 aromatic rings.